The first-order valence-corrected chi connectivity index (χ1v) is 7.53. The Balaban J connectivity index is 1.63. The molecule has 1 amide bonds. The van der Waals surface area contributed by atoms with Gasteiger partial charge in [0, 0.05) is 19.0 Å². The molecule has 3 rings (SSSR count). The summed E-state index contributed by atoms with van der Waals surface area (Å²) in [6.45, 7) is 0.902. The monoisotopic (exact) mass is 325 g/mol. The minimum Gasteiger partial charge on any atom is -0.481 e. The Morgan fingerprint density at radius 1 is 1.35 bits per heavy atom. The first kappa shape index (κ1) is 15.9. The van der Waals surface area contributed by atoms with Crippen LogP contribution < -0.4 is 0 Å². The van der Waals surface area contributed by atoms with Gasteiger partial charge < -0.3 is 14.7 Å². The van der Waals surface area contributed by atoms with Gasteiger partial charge in [0.15, 0.2) is 0 Å². The second-order valence-electron chi connectivity index (χ2n) is 5.99. The number of halogens is 2. The van der Waals surface area contributed by atoms with E-state index in [9.17, 15) is 18.4 Å². The maximum atomic E-state index is 13.8. The number of hydrogen-bond donors (Lipinski definition) is 1. The maximum absolute atomic E-state index is 13.8. The molecule has 7 heteroatoms. The number of carboxylic acids is 1. The average molecular weight is 325 g/mol. The molecule has 1 aliphatic carbocycles. The van der Waals surface area contributed by atoms with E-state index in [0.717, 1.165) is 18.2 Å². The third kappa shape index (κ3) is 3.50. The van der Waals surface area contributed by atoms with Crippen molar-refractivity contribution in [1.82, 2.24) is 4.90 Å². The van der Waals surface area contributed by atoms with E-state index in [4.69, 9.17) is 9.84 Å². The number of nitrogens with zero attached hydrogens (tertiary/aromatic N) is 1. The largest absolute Gasteiger partial charge is 0.481 e. The third-order valence-electron chi connectivity index (χ3n) is 4.32. The van der Waals surface area contributed by atoms with Gasteiger partial charge in [-0.1, -0.05) is 0 Å². The molecule has 1 saturated carbocycles. The number of hydrogen-bond acceptors (Lipinski definition) is 3. The van der Waals surface area contributed by atoms with Crippen molar-refractivity contribution in [3.63, 3.8) is 0 Å². The molecule has 0 aromatic heterocycles. The molecule has 0 bridgehead atoms. The molecule has 2 fully saturated rings. The van der Waals surface area contributed by atoms with Crippen LogP contribution in [0.4, 0.5) is 8.78 Å². The molecule has 0 spiro atoms. The van der Waals surface area contributed by atoms with Gasteiger partial charge in [-0.15, -0.1) is 0 Å². The zero-order valence-corrected chi connectivity index (χ0v) is 12.4. The highest BCUT2D eigenvalue weighted by atomic mass is 19.1. The molecule has 1 aromatic rings. The minimum atomic E-state index is -0.976. The fourth-order valence-electron chi connectivity index (χ4n) is 3.08. The lowest BCUT2D eigenvalue weighted by Gasteiger charge is -2.32. The maximum Gasteiger partial charge on any atom is 0.306 e. The molecule has 124 valence electrons. The number of aliphatic carboxylic acids is 1. The number of amides is 1. The van der Waals surface area contributed by atoms with Crippen LogP contribution in [0.5, 0.6) is 0 Å². The molecule has 1 N–H and O–H groups in total. The molecule has 3 atom stereocenters. The standard InChI is InChI=1S/C16H17F2NO4/c17-9-1-2-14(18)12(5-9)11-7-13(11)16(22)19-3-4-23-10(8-19)6-15(20)21/h1-2,5,10-11,13H,3-4,6-8H2,(H,20,21)/t10-,11-,13+/m1/s1. The van der Waals surface area contributed by atoms with Crippen LogP contribution in [0.1, 0.15) is 24.3 Å². The number of ether oxygens (including phenoxy) is 1. The Morgan fingerprint density at radius 3 is 2.87 bits per heavy atom. The second kappa shape index (κ2) is 6.23. The van der Waals surface area contributed by atoms with Crippen molar-refractivity contribution in [2.75, 3.05) is 19.7 Å². The number of carbonyl (C=O) groups excluding carboxylic acids is 1. The highest BCUT2D eigenvalue weighted by Crippen LogP contribution is 2.49. The van der Waals surface area contributed by atoms with E-state index in [0.29, 0.717) is 13.0 Å². The molecule has 1 saturated heterocycles. The van der Waals surface area contributed by atoms with Crippen LogP contribution in [0.25, 0.3) is 0 Å². The normalized spacial score (nSPS) is 26.9. The van der Waals surface area contributed by atoms with Crippen LogP contribution in [-0.4, -0.2) is 47.7 Å². The number of carbonyl (C=O) groups is 2. The van der Waals surface area contributed by atoms with Crippen molar-refractivity contribution in [3.05, 3.63) is 35.4 Å². The van der Waals surface area contributed by atoms with Crippen LogP contribution in [0, 0.1) is 17.6 Å². The molecule has 1 heterocycles. The fraction of sp³-hybridized carbons (Fsp3) is 0.500. The van der Waals surface area contributed by atoms with Gasteiger partial charge in [-0.3, -0.25) is 9.59 Å². The predicted molar refractivity (Wildman–Crippen MR) is 75.8 cm³/mol. The fourth-order valence-corrected chi connectivity index (χ4v) is 3.08. The number of carboxylic acid groups (broad SMARTS) is 1. The molecule has 1 aromatic carbocycles. The summed E-state index contributed by atoms with van der Waals surface area (Å²) in [6.07, 6.45) is -0.190. The summed E-state index contributed by atoms with van der Waals surface area (Å²) in [4.78, 5) is 24.8. The van der Waals surface area contributed by atoms with Crippen molar-refractivity contribution in [3.8, 4) is 0 Å². The third-order valence-corrected chi connectivity index (χ3v) is 4.32. The summed E-state index contributed by atoms with van der Waals surface area (Å²) in [5, 5.41) is 8.80. The van der Waals surface area contributed by atoms with Gasteiger partial charge in [0.1, 0.15) is 11.6 Å². The van der Waals surface area contributed by atoms with E-state index in [-0.39, 0.29) is 42.9 Å². The van der Waals surface area contributed by atoms with E-state index in [2.05, 4.69) is 0 Å². The van der Waals surface area contributed by atoms with Crippen LogP contribution in [0.3, 0.4) is 0 Å². The van der Waals surface area contributed by atoms with E-state index in [1.807, 2.05) is 0 Å². The smallest absolute Gasteiger partial charge is 0.306 e. The first-order valence-electron chi connectivity index (χ1n) is 7.53. The zero-order chi connectivity index (χ0) is 16.6. The van der Waals surface area contributed by atoms with E-state index < -0.39 is 23.7 Å². The Bertz CT molecular complexity index is 637. The number of rotatable bonds is 4. The van der Waals surface area contributed by atoms with Gasteiger partial charge in [-0.2, -0.15) is 0 Å². The molecule has 0 unspecified atom stereocenters. The molecule has 5 nitrogen and oxygen atoms in total. The van der Waals surface area contributed by atoms with Gasteiger partial charge in [0.25, 0.3) is 0 Å². The summed E-state index contributed by atoms with van der Waals surface area (Å²) in [5.74, 6) is -2.81. The average Bonchev–Trinajstić information content (AvgIpc) is 3.29. The van der Waals surface area contributed by atoms with Crippen molar-refractivity contribution in [2.24, 2.45) is 5.92 Å². The predicted octanol–water partition coefficient (Wildman–Crippen LogP) is 1.77. The Kier molecular flexibility index (Phi) is 4.30. The van der Waals surface area contributed by atoms with E-state index in [1.165, 1.54) is 0 Å². The van der Waals surface area contributed by atoms with Crippen LogP contribution in [0.2, 0.25) is 0 Å². The molecule has 1 aliphatic heterocycles. The van der Waals surface area contributed by atoms with Crippen molar-refractivity contribution >= 4 is 11.9 Å². The number of morpholine rings is 1. The first-order chi connectivity index (χ1) is 11.0. The van der Waals surface area contributed by atoms with Gasteiger partial charge >= 0.3 is 5.97 Å². The van der Waals surface area contributed by atoms with E-state index in [1.54, 1.807) is 4.90 Å². The molecular formula is C16H17F2NO4. The Labute approximate surface area is 131 Å². The summed E-state index contributed by atoms with van der Waals surface area (Å²) >= 11 is 0. The second-order valence-corrected chi connectivity index (χ2v) is 5.99. The lowest BCUT2D eigenvalue weighted by atomic mass is 10.1. The highest BCUT2D eigenvalue weighted by molar-refractivity contribution is 5.83. The van der Waals surface area contributed by atoms with Gasteiger partial charge in [0.05, 0.1) is 19.1 Å². The lowest BCUT2D eigenvalue weighted by molar-refractivity contribution is -0.148. The summed E-state index contributed by atoms with van der Waals surface area (Å²) < 4.78 is 32.4. The summed E-state index contributed by atoms with van der Waals surface area (Å²) in [6, 6.07) is 3.26. The highest BCUT2D eigenvalue weighted by Gasteiger charge is 2.47. The summed E-state index contributed by atoms with van der Waals surface area (Å²) in [5.41, 5.74) is 0.235. The summed E-state index contributed by atoms with van der Waals surface area (Å²) in [7, 11) is 0. The van der Waals surface area contributed by atoms with Gasteiger partial charge in [-0.05, 0) is 36.1 Å². The molecule has 0 radical (unpaired) electrons. The lowest BCUT2D eigenvalue weighted by Crippen LogP contribution is -2.47. The molecule has 23 heavy (non-hydrogen) atoms. The topological polar surface area (TPSA) is 66.8 Å². The molecule has 2 aliphatic rings. The minimum absolute atomic E-state index is 0.141. The SMILES string of the molecule is O=C(O)C[C@@H]1CN(C(=O)[C@H]2C[C@@H]2c2cc(F)ccc2F)CCO1. The van der Waals surface area contributed by atoms with Crippen LogP contribution in [0.15, 0.2) is 18.2 Å². The van der Waals surface area contributed by atoms with Gasteiger partial charge in [0.2, 0.25) is 5.91 Å². The molecular weight excluding hydrogens is 308 g/mol. The van der Waals surface area contributed by atoms with Crippen molar-refractivity contribution in [2.45, 2.75) is 24.9 Å². The van der Waals surface area contributed by atoms with Gasteiger partial charge in [-0.25, -0.2) is 8.78 Å². The van der Waals surface area contributed by atoms with Crippen molar-refractivity contribution < 1.29 is 28.2 Å². The Morgan fingerprint density at radius 2 is 2.13 bits per heavy atom. The Hall–Kier alpha value is -2.02. The zero-order valence-electron chi connectivity index (χ0n) is 12.4. The van der Waals surface area contributed by atoms with Crippen LogP contribution >= 0.6 is 0 Å². The number of benzene rings is 1. The van der Waals surface area contributed by atoms with E-state index >= 15 is 0 Å². The van der Waals surface area contributed by atoms with Crippen LogP contribution in [-0.2, 0) is 14.3 Å². The van der Waals surface area contributed by atoms with Crippen molar-refractivity contribution in [1.29, 1.82) is 0 Å². The quantitative estimate of drug-likeness (QED) is 0.916.